The maximum Gasteiger partial charge on any atom is 0.224 e. The zero-order valence-corrected chi connectivity index (χ0v) is 18.5. The summed E-state index contributed by atoms with van der Waals surface area (Å²) in [5.74, 6) is 0.0744. The van der Waals surface area contributed by atoms with E-state index in [-0.39, 0.29) is 5.91 Å². The number of carbonyl (C=O) groups excluding carboxylic acids is 1. The molecule has 1 aromatic carbocycles. The van der Waals surface area contributed by atoms with Crippen molar-refractivity contribution in [2.75, 3.05) is 5.32 Å². The van der Waals surface area contributed by atoms with Crippen LogP contribution in [0, 0.1) is 0 Å². The number of rotatable bonds is 8. The van der Waals surface area contributed by atoms with Crippen LogP contribution in [-0.4, -0.2) is 15.3 Å². The van der Waals surface area contributed by atoms with Crippen molar-refractivity contribution < 1.29 is 4.79 Å². The van der Waals surface area contributed by atoms with E-state index in [1.165, 1.54) is 19.3 Å². The van der Waals surface area contributed by atoms with Crippen LogP contribution in [0.25, 0.3) is 16.9 Å². The smallest absolute Gasteiger partial charge is 0.224 e. The van der Waals surface area contributed by atoms with Gasteiger partial charge in [0.25, 0.3) is 0 Å². The van der Waals surface area contributed by atoms with E-state index in [0.29, 0.717) is 6.42 Å². The fourth-order valence-corrected chi connectivity index (χ4v) is 4.33. The van der Waals surface area contributed by atoms with Gasteiger partial charge in [-0.2, -0.15) is 0 Å². The van der Waals surface area contributed by atoms with Crippen molar-refractivity contribution in [3.8, 4) is 11.3 Å². The van der Waals surface area contributed by atoms with Crippen molar-refractivity contribution >= 4 is 49.1 Å². The summed E-state index contributed by atoms with van der Waals surface area (Å²) in [6.07, 6.45) is 10.3. The van der Waals surface area contributed by atoms with Crippen LogP contribution in [0.2, 0.25) is 0 Å². The van der Waals surface area contributed by atoms with Crippen LogP contribution in [0.15, 0.2) is 51.7 Å². The minimum atomic E-state index is 0.0744. The Labute approximate surface area is 176 Å². The molecule has 0 fully saturated rings. The van der Waals surface area contributed by atoms with Crippen LogP contribution in [0.3, 0.4) is 0 Å². The number of imidazole rings is 1. The highest BCUT2D eigenvalue weighted by Crippen LogP contribution is 2.27. The van der Waals surface area contributed by atoms with Gasteiger partial charge in [0, 0.05) is 34.5 Å². The summed E-state index contributed by atoms with van der Waals surface area (Å²) in [7, 11) is 0. The van der Waals surface area contributed by atoms with E-state index in [1.54, 1.807) is 0 Å². The second kappa shape index (κ2) is 9.51. The monoisotopic (exact) mass is 491 g/mol. The van der Waals surface area contributed by atoms with Crippen LogP contribution in [0.4, 0.5) is 5.69 Å². The van der Waals surface area contributed by atoms with E-state index in [0.717, 1.165) is 44.4 Å². The Morgan fingerprint density at radius 2 is 1.93 bits per heavy atom. The lowest BCUT2D eigenvalue weighted by atomic mass is 10.1. The number of fused-ring (bicyclic) bond motifs is 1. The molecule has 0 saturated heterocycles. The highest BCUT2D eigenvalue weighted by Gasteiger charge is 2.09. The molecular weight excluding hydrogens is 470 g/mol. The number of benzene rings is 1. The number of amides is 1. The molecule has 142 valence electrons. The standard InChI is InChI=1S/C21H23Br2N3O/c1-2-3-4-5-6-10-20(27)24-17-9-7-8-15(11-17)19-14-26-13-16(22)12-18(23)21(26)25-19/h7-9,11-14H,2-6,10H2,1H3,(H,24,27). The molecule has 4 nitrogen and oxygen atoms in total. The largest absolute Gasteiger partial charge is 0.326 e. The molecule has 2 aromatic heterocycles. The third-order valence-electron chi connectivity index (χ3n) is 4.42. The predicted molar refractivity (Wildman–Crippen MR) is 118 cm³/mol. The maximum atomic E-state index is 12.2. The number of anilines is 1. The van der Waals surface area contributed by atoms with Crippen molar-refractivity contribution in [3.63, 3.8) is 0 Å². The summed E-state index contributed by atoms with van der Waals surface area (Å²) in [6.45, 7) is 2.19. The van der Waals surface area contributed by atoms with E-state index in [4.69, 9.17) is 4.98 Å². The molecule has 0 radical (unpaired) electrons. The number of unbranched alkanes of at least 4 members (excludes halogenated alkanes) is 4. The van der Waals surface area contributed by atoms with Crippen LogP contribution in [0.5, 0.6) is 0 Å². The average molecular weight is 493 g/mol. The number of nitrogens with zero attached hydrogens (tertiary/aromatic N) is 2. The van der Waals surface area contributed by atoms with E-state index in [9.17, 15) is 4.79 Å². The van der Waals surface area contributed by atoms with Gasteiger partial charge in [0.2, 0.25) is 5.91 Å². The molecular formula is C21H23Br2N3O. The molecule has 1 amide bonds. The molecule has 0 unspecified atom stereocenters. The molecule has 2 heterocycles. The van der Waals surface area contributed by atoms with E-state index >= 15 is 0 Å². The molecule has 27 heavy (non-hydrogen) atoms. The molecule has 0 aliphatic heterocycles. The Kier molecular flexibility index (Phi) is 7.07. The number of hydrogen-bond donors (Lipinski definition) is 1. The van der Waals surface area contributed by atoms with E-state index in [1.807, 2.05) is 47.1 Å². The second-order valence-electron chi connectivity index (χ2n) is 6.66. The molecule has 0 bridgehead atoms. The molecule has 0 aliphatic carbocycles. The number of pyridine rings is 1. The fourth-order valence-electron chi connectivity index (χ4n) is 3.03. The van der Waals surface area contributed by atoms with Gasteiger partial charge in [0.15, 0.2) is 5.65 Å². The summed E-state index contributed by atoms with van der Waals surface area (Å²) in [6, 6.07) is 9.82. The van der Waals surface area contributed by atoms with Crippen molar-refractivity contribution in [2.45, 2.75) is 45.4 Å². The van der Waals surface area contributed by atoms with Gasteiger partial charge >= 0.3 is 0 Å². The number of carbonyl (C=O) groups is 1. The normalized spacial score (nSPS) is 11.1. The fraction of sp³-hybridized carbons (Fsp3) is 0.333. The SMILES string of the molecule is CCCCCCCC(=O)Nc1cccc(-c2cn3cc(Br)cc(Br)c3n2)c1. The first-order valence-corrected chi connectivity index (χ1v) is 10.9. The minimum Gasteiger partial charge on any atom is -0.326 e. The highest BCUT2D eigenvalue weighted by atomic mass is 79.9. The summed E-state index contributed by atoms with van der Waals surface area (Å²) in [5.41, 5.74) is 3.50. The Morgan fingerprint density at radius 3 is 2.74 bits per heavy atom. The zero-order chi connectivity index (χ0) is 19.2. The Morgan fingerprint density at radius 1 is 1.11 bits per heavy atom. The van der Waals surface area contributed by atoms with E-state index < -0.39 is 0 Å². The van der Waals surface area contributed by atoms with Gasteiger partial charge in [-0.05, 0) is 56.5 Å². The van der Waals surface area contributed by atoms with Crippen molar-refractivity contribution in [2.24, 2.45) is 0 Å². The minimum absolute atomic E-state index is 0.0744. The lowest BCUT2D eigenvalue weighted by Crippen LogP contribution is -2.11. The van der Waals surface area contributed by atoms with Gasteiger partial charge in [0.1, 0.15) is 0 Å². The first-order valence-electron chi connectivity index (χ1n) is 9.31. The molecule has 3 aromatic rings. The molecule has 0 spiro atoms. The molecule has 0 saturated carbocycles. The lowest BCUT2D eigenvalue weighted by molar-refractivity contribution is -0.116. The summed E-state index contributed by atoms with van der Waals surface area (Å²) >= 11 is 7.05. The van der Waals surface area contributed by atoms with Crippen LogP contribution >= 0.6 is 31.9 Å². The van der Waals surface area contributed by atoms with Gasteiger partial charge in [-0.1, -0.05) is 44.7 Å². The molecule has 1 N–H and O–H groups in total. The van der Waals surface area contributed by atoms with Gasteiger partial charge in [0.05, 0.1) is 10.2 Å². The topological polar surface area (TPSA) is 46.4 Å². The van der Waals surface area contributed by atoms with Crippen LogP contribution < -0.4 is 5.32 Å². The van der Waals surface area contributed by atoms with Gasteiger partial charge in [-0.3, -0.25) is 4.79 Å². The van der Waals surface area contributed by atoms with Gasteiger partial charge in [-0.15, -0.1) is 0 Å². The van der Waals surface area contributed by atoms with Gasteiger partial charge in [-0.25, -0.2) is 4.98 Å². The maximum absolute atomic E-state index is 12.2. The number of aromatic nitrogens is 2. The molecule has 0 atom stereocenters. The number of hydrogen-bond acceptors (Lipinski definition) is 2. The molecule has 3 rings (SSSR count). The second-order valence-corrected chi connectivity index (χ2v) is 8.43. The number of halogens is 2. The summed E-state index contributed by atoms with van der Waals surface area (Å²) in [5, 5.41) is 3.01. The predicted octanol–water partition coefficient (Wildman–Crippen LogP) is 6.83. The quantitative estimate of drug-likeness (QED) is 0.350. The molecule has 0 aliphatic rings. The Bertz CT molecular complexity index is 936. The first-order chi connectivity index (χ1) is 13.1. The van der Waals surface area contributed by atoms with Crippen molar-refractivity contribution in [1.29, 1.82) is 0 Å². The third-order valence-corrected chi connectivity index (χ3v) is 5.44. The lowest BCUT2D eigenvalue weighted by Gasteiger charge is -2.06. The Balaban J connectivity index is 1.69. The van der Waals surface area contributed by atoms with Crippen LogP contribution in [0.1, 0.15) is 45.4 Å². The Hall–Kier alpha value is -1.66. The van der Waals surface area contributed by atoms with E-state index in [2.05, 4.69) is 44.1 Å². The average Bonchev–Trinajstić information content (AvgIpc) is 3.06. The summed E-state index contributed by atoms with van der Waals surface area (Å²) < 4.78 is 3.88. The van der Waals surface area contributed by atoms with Gasteiger partial charge < -0.3 is 9.72 Å². The zero-order valence-electron chi connectivity index (χ0n) is 15.3. The third kappa shape index (κ3) is 5.42. The highest BCUT2D eigenvalue weighted by molar-refractivity contribution is 9.11. The van der Waals surface area contributed by atoms with Crippen LogP contribution in [-0.2, 0) is 4.79 Å². The van der Waals surface area contributed by atoms with Crippen molar-refractivity contribution in [3.05, 3.63) is 51.7 Å². The number of nitrogens with one attached hydrogen (secondary N) is 1. The molecule has 6 heteroatoms. The first kappa shape index (κ1) is 20.1. The van der Waals surface area contributed by atoms with Crippen molar-refractivity contribution in [1.82, 2.24) is 9.38 Å². The summed E-state index contributed by atoms with van der Waals surface area (Å²) in [4.78, 5) is 16.9.